The average molecular weight is 294 g/mol. The van der Waals surface area contributed by atoms with Crippen molar-refractivity contribution < 1.29 is 0 Å². The van der Waals surface area contributed by atoms with Crippen molar-refractivity contribution in [2.75, 3.05) is 0 Å². The maximum atomic E-state index is 6.15. The molecule has 0 bridgehead atoms. The van der Waals surface area contributed by atoms with Crippen LogP contribution in [0.15, 0.2) is 6.20 Å². The molecule has 0 aliphatic heterocycles. The number of halogens is 1. The SMILES string of the molecule is Cc1nc(-n2nc(C)c(Cl)c2C)ncc1CNC(C)C. The van der Waals surface area contributed by atoms with Crippen molar-refractivity contribution in [3.8, 4) is 5.95 Å². The summed E-state index contributed by atoms with van der Waals surface area (Å²) in [4.78, 5) is 8.92. The van der Waals surface area contributed by atoms with Gasteiger partial charge in [0.2, 0.25) is 0 Å². The van der Waals surface area contributed by atoms with Gasteiger partial charge in [0.15, 0.2) is 0 Å². The second-order valence-electron chi connectivity index (χ2n) is 5.21. The molecule has 2 aromatic rings. The first kappa shape index (κ1) is 14.9. The van der Waals surface area contributed by atoms with E-state index in [0.717, 1.165) is 29.2 Å². The summed E-state index contributed by atoms with van der Waals surface area (Å²) in [6.07, 6.45) is 1.84. The Kier molecular flexibility index (Phi) is 4.40. The van der Waals surface area contributed by atoms with E-state index >= 15 is 0 Å². The number of hydrogen-bond donors (Lipinski definition) is 1. The number of aryl methyl sites for hydroxylation is 2. The number of aromatic nitrogens is 4. The minimum absolute atomic E-state index is 0.434. The fourth-order valence-electron chi connectivity index (χ4n) is 1.89. The first-order valence-corrected chi connectivity index (χ1v) is 7.06. The van der Waals surface area contributed by atoms with E-state index in [0.29, 0.717) is 17.0 Å². The highest BCUT2D eigenvalue weighted by Crippen LogP contribution is 2.21. The van der Waals surface area contributed by atoms with Gasteiger partial charge in [0, 0.05) is 30.0 Å². The van der Waals surface area contributed by atoms with E-state index in [9.17, 15) is 0 Å². The van der Waals surface area contributed by atoms with Crippen LogP contribution < -0.4 is 5.32 Å². The molecule has 20 heavy (non-hydrogen) atoms. The number of nitrogens with one attached hydrogen (secondary N) is 1. The molecule has 0 radical (unpaired) electrons. The van der Waals surface area contributed by atoms with Crippen molar-refractivity contribution >= 4 is 11.6 Å². The third-order valence-electron chi connectivity index (χ3n) is 3.16. The highest BCUT2D eigenvalue weighted by molar-refractivity contribution is 6.31. The average Bonchev–Trinajstić information content (AvgIpc) is 2.65. The Morgan fingerprint density at radius 1 is 1.25 bits per heavy atom. The minimum Gasteiger partial charge on any atom is -0.310 e. The molecular weight excluding hydrogens is 274 g/mol. The second kappa shape index (κ2) is 5.89. The summed E-state index contributed by atoms with van der Waals surface area (Å²) in [5.74, 6) is 0.559. The van der Waals surface area contributed by atoms with Crippen molar-refractivity contribution in [1.82, 2.24) is 25.1 Å². The normalized spacial score (nSPS) is 11.3. The quantitative estimate of drug-likeness (QED) is 0.942. The fourth-order valence-corrected chi connectivity index (χ4v) is 2.01. The molecule has 0 fully saturated rings. The molecule has 0 saturated carbocycles. The van der Waals surface area contributed by atoms with Gasteiger partial charge in [-0.1, -0.05) is 25.4 Å². The Hall–Kier alpha value is -1.46. The van der Waals surface area contributed by atoms with E-state index in [2.05, 4.69) is 34.2 Å². The number of hydrogen-bond acceptors (Lipinski definition) is 4. The summed E-state index contributed by atoms with van der Waals surface area (Å²) in [5, 5.41) is 8.40. The zero-order valence-corrected chi connectivity index (χ0v) is 13.3. The predicted molar refractivity (Wildman–Crippen MR) is 80.4 cm³/mol. The Labute approximate surface area is 124 Å². The van der Waals surface area contributed by atoms with Gasteiger partial charge in [-0.15, -0.1) is 0 Å². The Morgan fingerprint density at radius 3 is 2.45 bits per heavy atom. The summed E-state index contributed by atoms with van der Waals surface area (Å²) in [6.45, 7) is 10.8. The van der Waals surface area contributed by atoms with E-state index in [1.165, 1.54) is 0 Å². The van der Waals surface area contributed by atoms with Crippen molar-refractivity contribution in [1.29, 1.82) is 0 Å². The van der Waals surface area contributed by atoms with Crippen LogP contribution in [0.25, 0.3) is 5.95 Å². The zero-order chi connectivity index (χ0) is 14.9. The fraction of sp³-hybridized carbons (Fsp3) is 0.500. The van der Waals surface area contributed by atoms with Gasteiger partial charge < -0.3 is 5.32 Å². The maximum Gasteiger partial charge on any atom is 0.251 e. The molecule has 108 valence electrons. The highest BCUT2D eigenvalue weighted by atomic mass is 35.5. The van der Waals surface area contributed by atoms with Crippen LogP contribution in [0, 0.1) is 20.8 Å². The van der Waals surface area contributed by atoms with Crippen LogP contribution >= 0.6 is 11.6 Å². The van der Waals surface area contributed by atoms with Crippen LogP contribution in [0.4, 0.5) is 0 Å². The monoisotopic (exact) mass is 293 g/mol. The van der Waals surface area contributed by atoms with E-state index in [4.69, 9.17) is 11.6 Å². The second-order valence-corrected chi connectivity index (χ2v) is 5.59. The lowest BCUT2D eigenvalue weighted by atomic mass is 10.2. The Bertz CT molecular complexity index is 618. The molecule has 2 aromatic heterocycles. The van der Waals surface area contributed by atoms with E-state index in [1.54, 1.807) is 4.68 Å². The Morgan fingerprint density at radius 2 is 1.95 bits per heavy atom. The number of rotatable bonds is 4. The largest absolute Gasteiger partial charge is 0.310 e. The predicted octanol–water partition coefficient (Wildman–Crippen LogP) is 2.74. The van der Waals surface area contributed by atoms with Crippen LogP contribution in [0.1, 0.15) is 36.5 Å². The Balaban J connectivity index is 2.31. The highest BCUT2D eigenvalue weighted by Gasteiger charge is 2.13. The van der Waals surface area contributed by atoms with Crippen LogP contribution in [0.3, 0.4) is 0 Å². The smallest absolute Gasteiger partial charge is 0.251 e. The summed E-state index contributed by atoms with van der Waals surface area (Å²) in [7, 11) is 0. The molecule has 5 nitrogen and oxygen atoms in total. The molecule has 0 aromatic carbocycles. The first-order chi connectivity index (χ1) is 9.40. The lowest BCUT2D eigenvalue weighted by Gasteiger charge is -2.11. The minimum atomic E-state index is 0.434. The molecular formula is C14H20ClN5. The molecule has 0 aliphatic rings. The van der Waals surface area contributed by atoms with Crippen LogP contribution in [0.5, 0.6) is 0 Å². The van der Waals surface area contributed by atoms with Gasteiger partial charge in [-0.25, -0.2) is 14.6 Å². The van der Waals surface area contributed by atoms with Crippen molar-refractivity contribution in [3.05, 3.63) is 33.9 Å². The van der Waals surface area contributed by atoms with Gasteiger partial charge >= 0.3 is 0 Å². The standard InChI is InChI=1S/C14H20ClN5/c1-8(2)16-6-12-7-17-14(18-9(12)3)20-11(5)13(15)10(4)19-20/h7-8,16H,6H2,1-5H3. The summed E-state index contributed by atoms with van der Waals surface area (Å²) in [6, 6.07) is 0.434. The molecule has 2 heterocycles. The van der Waals surface area contributed by atoms with Gasteiger partial charge in [0.25, 0.3) is 5.95 Å². The first-order valence-electron chi connectivity index (χ1n) is 6.68. The van der Waals surface area contributed by atoms with E-state index in [1.807, 2.05) is 27.0 Å². The third-order valence-corrected chi connectivity index (χ3v) is 3.71. The molecule has 0 aliphatic carbocycles. The molecule has 0 atom stereocenters. The van der Waals surface area contributed by atoms with Crippen molar-refractivity contribution in [3.63, 3.8) is 0 Å². The molecule has 1 N–H and O–H groups in total. The summed E-state index contributed by atoms with van der Waals surface area (Å²) >= 11 is 6.15. The van der Waals surface area contributed by atoms with Crippen molar-refractivity contribution in [2.24, 2.45) is 0 Å². The molecule has 0 unspecified atom stereocenters. The summed E-state index contributed by atoms with van der Waals surface area (Å²) < 4.78 is 1.68. The van der Waals surface area contributed by atoms with Crippen LogP contribution in [-0.4, -0.2) is 25.8 Å². The van der Waals surface area contributed by atoms with Gasteiger partial charge in [-0.05, 0) is 20.8 Å². The van der Waals surface area contributed by atoms with Gasteiger partial charge in [0.1, 0.15) is 0 Å². The molecule has 0 saturated heterocycles. The lowest BCUT2D eigenvalue weighted by Crippen LogP contribution is -2.23. The van der Waals surface area contributed by atoms with Crippen LogP contribution in [-0.2, 0) is 6.54 Å². The van der Waals surface area contributed by atoms with Crippen molar-refractivity contribution in [2.45, 2.75) is 47.2 Å². The molecule has 0 amide bonds. The summed E-state index contributed by atoms with van der Waals surface area (Å²) in [5.41, 5.74) is 3.69. The topological polar surface area (TPSA) is 55.6 Å². The van der Waals surface area contributed by atoms with Gasteiger partial charge in [-0.3, -0.25) is 0 Å². The van der Waals surface area contributed by atoms with Gasteiger partial charge in [-0.2, -0.15) is 5.10 Å². The third kappa shape index (κ3) is 2.99. The zero-order valence-electron chi connectivity index (χ0n) is 12.5. The lowest BCUT2D eigenvalue weighted by molar-refractivity contribution is 0.584. The number of nitrogens with zero attached hydrogens (tertiary/aromatic N) is 4. The van der Waals surface area contributed by atoms with E-state index < -0.39 is 0 Å². The molecule has 2 rings (SSSR count). The van der Waals surface area contributed by atoms with E-state index in [-0.39, 0.29) is 0 Å². The van der Waals surface area contributed by atoms with Crippen LogP contribution in [0.2, 0.25) is 5.02 Å². The van der Waals surface area contributed by atoms with Gasteiger partial charge in [0.05, 0.1) is 16.4 Å². The maximum absolute atomic E-state index is 6.15. The molecule has 0 spiro atoms. The molecule has 6 heteroatoms.